The van der Waals surface area contributed by atoms with E-state index in [0.29, 0.717) is 29.8 Å². The van der Waals surface area contributed by atoms with Crippen molar-refractivity contribution in [1.82, 2.24) is 4.98 Å². The number of aromatic amines is 1. The van der Waals surface area contributed by atoms with Crippen LogP contribution in [-0.2, 0) is 16.0 Å². The number of nitro benzene ring substituents is 1. The number of fused-ring (bicyclic) bond motifs is 2. The molecule has 11 nitrogen and oxygen atoms in total. The van der Waals surface area contributed by atoms with Gasteiger partial charge in [-0.15, -0.1) is 10.2 Å². The number of nitro groups is 1. The van der Waals surface area contributed by atoms with E-state index in [1.165, 1.54) is 18.2 Å². The van der Waals surface area contributed by atoms with Crippen molar-refractivity contribution in [2.24, 2.45) is 10.2 Å². The first-order chi connectivity index (χ1) is 14.4. The first-order valence-corrected chi connectivity index (χ1v) is 8.90. The summed E-state index contributed by atoms with van der Waals surface area (Å²) in [5, 5.41) is 31.2. The molecule has 1 aliphatic rings. The number of non-ortho nitro benzene ring substituents is 1. The van der Waals surface area contributed by atoms with E-state index in [2.05, 4.69) is 20.5 Å². The molecule has 0 atom stereocenters. The van der Waals surface area contributed by atoms with Gasteiger partial charge in [0.2, 0.25) is 11.8 Å². The van der Waals surface area contributed by atoms with Gasteiger partial charge in [0.05, 0.1) is 10.4 Å². The van der Waals surface area contributed by atoms with E-state index in [-0.39, 0.29) is 28.5 Å². The molecule has 11 heteroatoms. The van der Waals surface area contributed by atoms with Gasteiger partial charge in [0.25, 0.3) is 5.69 Å². The molecule has 0 radical (unpaired) electrons. The Labute approximate surface area is 168 Å². The molecule has 0 saturated carbocycles. The van der Waals surface area contributed by atoms with Crippen molar-refractivity contribution in [3.8, 4) is 11.6 Å². The molecule has 0 fully saturated rings. The number of aromatic nitrogens is 1. The molecule has 0 spiro atoms. The minimum absolute atomic E-state index is 0.0439. The highest BCUT2D eigenvalue weighted by Crippen LogP contribution is 2.37. The first kappa shape index (κ1) is 19.1. The maximum absolute atomic E-state index is 12.0. The standard InChI is InChI=1S/C19H15N5O6/c25-16-6-1-10-7-12(3-5-14(10)20-16)30-9-17(26)22-23-18-13-8-11(24(28)29)2-4-15(13)21-19(18)27/h2-5,7-8,21,27H,1,6,9H2,(H,20,25). The quantitative estimate of drug-likeness (QED) is 0.333. The van der Waals surface area contributed by atoms with E-state index in [0.717, 1.165) is 5.56 Å². The number of azo groups is 1. The minimum Gasteiger partial charge on any atom is -0.493 e. The average molecular weight is 409 g/mol. The number of carbonyl (C=O) groups is 2. The summed E-state index contributed by atoms with van der Waals surface area (Å²) in [5.41, 5.74) is 1.78. The molecule has 3 N–H and O–H groups in total. The summed E-state index contributed by atoms with van der Waals surface area (Å²) in [6.45, 7) is -0.391. The maximum atomic E-state index is 12.0. The molecule has 0 bridgehead atoms. The number of benzene rings is 2. The van der Waals surface area contributed by atoms with Gasteiger partial charge in [-0.05, 0) is 36.2 Å². The van der Waals surface area contributed by atoms with E-state index < -0.39 is 17.4 Å². The van der Waals surface area contributed by atoms with Gasteiger partial charge >= 0.3 is 5.91 Å². The molecule has 30 heavy (non-hydrogen) atoms. The Morgan fingerprint density at radius 1 is 1.23 bits per heavy atom. The van der Waals surface area contributed by atoms with Gasteiger partial charge in [-0.25, -0.2) is 0 Å². The number of nitrogens with zero attached hydrogens (tertiary/aromatic N) is 3. The van der Waals surface area contributed by atoms with Crippen molar-refractivity contribution in [2.75, 3.05) is 11.9 Å². The number of ether oxygens (including phenoxy) is 1. The molecule has 3 aromatic rings. The Bertz CT molecular complexity index is 1220. The highest BCUT2D eigenvalue weighted by atomic mass is 16.6. The van der Waals surface area contributed by atoms with Gasteiger partial charge in [-0.1, -0.05) is 0 Å². The van der Waals surface area contributed by atoms with E-state index in [1.54, 1.807) is 18.2 Å². The highest BCUT2D eigenvalue weighted by molar-refractivity contribution is 5.96. The van der Waals surface area contributed by atoms with Crippen LogP contribution in [0.15, 0.2) is 46.6 Å². The Kier molecular flexibility index (Phi) is 4.84. The van der Waals surface area contributed by atoms with Crippen molar-refractivity contribution in [3.05, 3.63) is 52.1 Å². The lowest BCUT2D eigenvalue weighted by atomic mass is 10.0. The fourth-order valence-electron chi connectivity index (χ4n) is 3.10. The SMILES string of the molecule is O=C(COc1ccc2c(c1)CCC(=O)N2)N=Nc1c(O)[nH]c2ccc([N+](=O)[O-])cc12. The number of hydrogen-bond acceptors (Lipinski definition) is 7. The van der Waals surface area contributed by atoms with Gasteiger partial charge in [0.15, 0.2) is 12.3 Å². The summed E-state index contributed by atoms with van der Waals surface area (Å²) in [7, 11) is 0. The summed E-state index contributed by atoms with van der Waals surface area (Å²) in [6, 6.07) is 9.00. The number of H-pyrrole nitrogens is 1. The minimum atomic E-state index is -0.708. The van der Waals surface area contributed by atoms with Gasteiger partial charge in [-0.3, -0.25) is 19.7 Å². The third-order valence-corrected chi connectivity index (χ3v) is 4.54. The Hall–Kier alpha value is -4.28. The number of carbonyl (C=O) groups excluding carboxylic acids is 2. The lowest BCUT2D eigenvalue weighted by Gasteiger charge is -2.17. The lowest BCUT2D eigenvalue weighted by Crippen LogP contribution is -2.19. The number of rotatable bonds is 5. The van der Waals surface area contributed by atoms with Crippen molar-refractivity contribution >= 4 is 39.8 Å². The van der Waals surface area contributed by atoms with E-state index in [9.17, 15) is 24.8 Å². The predicted molar refractivity (Wildman–Crippen MR) is 105 cm³/mol. The number of amides is 2. The molecule has 4 rings (SSSR count). The highest BCUT2D eigenvalue weighted by Gasteiger charge is 2.17. The van der Waals surface area contributed by atoms with Crippen LogP contribution in [0, 0.1) is 10.1 Å². The van der Waals surface area contributed by atoms with Crippen molar-refractivity contribution in [3.63, 3.8) is 0 Å². The van der Waals surface area contributed by atoms with Crippen LogP contribution in [0.4, 0.5) is 17.1 Å². The normalized spacial score (nSPS) is 13.3. The number of aryl methyl sites for hydroxylation is 1. The summed E-state index contributed by atoms with van der Waals surface area (Å²) < 4.78 is 5.42. The van der Waals surface area contributed by atoms with Crippen LogP contribution in [-0.4, -0.2) is 33.4 Å². The molecule has 2 amide bonds. The number of nitrogens with one attached hydrogen (secondary N) is 2. The second-order valence-corrected chi connectivity index (χ2v) is 6.56. The summed E-state index contributed by atoms with van der Waals surface area (Å²) in [6.07, 6.45) is 0.966. The topological polar surface area (TPSA) is 159 Å². The van der Waals surface area contributed by atoms with Crippen LogP contribution in [0.25, 0.3) is 10.9 Å². The molecular formula is C19H15N5O6. The van der Waals surface area contributed by atoms with Gasteiger partial charge in [-0.2, -0.15) is 0 Å². The van der Waals surface area contributed by atoms with Crippen molar-refractivity contribution < 1.29 is 24.4 Å². The maximum Gasteiger partial charge on any atom is 0.302 e. The Morgan fingerprint density at radius 2 is 2.07 bits per heavy atom. The molecule has 0 saturated heterocycles. The van der Waals surface area contributed by atoms with E-state index >= 15 is 0 Å². The molecule has 2 aromatic carbocycles. The summed E-state index contributed by atoms with van der Waals surface area (Å²) in [4.78, 5) is 36.4. The van der Waals surface area contributed by atoms with Crippen molar-refractivity contribution in [1.29, 1.82) is 0 Å². The van der Waals surface area contributed by atoms with Crippen LogP contribution >= 0.6 is 0 Å². The fraction of sp³-hybridized carbons (Fsp3) is 0.158. The fourth-order valence-corrected chi connectivity index (χ4v) is 3.10. The zero-order valence-electron chi connectivity index (χ0n) is 15.4. The third kappa shape index (κ3) is 3.81. The third-order valence-electron chi connectivity index (χ3n) is 4.54. The van der Waals surface area contributed by atoms with Crippen LogP contribution < -0.4 is 10.1 Å². The van der Waals surface area contributed by atoms with Crippen LogP contribution in [0.2, 0.25) is 0 Å². The lowest BCUT2D eigenvalue weighted by molar-refractivity contribution is -0.384. The average Bonchev–Trinajstić information content (AvgIpc) is 3.04. The largest absolute Gasteiger partial charge is 0.493 e. The zero-order chi connectivity index (χ0) is 21.3. The zero-order valence-corrected chi connectivity index (χ0v) is 15.4. The summed E-state index contributed by atoms with van der Waals surface area (Å²) in [5.74, 6) is -0.670. The molecule has 0 unspecified atom stereocenters. The Morgan fingerprint density at radius 3 is 2.87 bits per heavy atom. The molecule has 152 valence electrons. The number of hydrogen-bond donors (Lipinski definition) is 3. The predicted octanol–water partition coefficient (Wildman–Crippen LogP) is 3.36. The van der Waals surface area contributed by atoms with Gasteiger partial charge in [0, 0.05) is 29.6 Å². The summed E-state index contributed by atoms with van der Waals surface area (Å²) >= 11 is 0. The number of anilines is 1. The van der Waals surface area contributed by atoms with Gasteiger partial charge in [0.1, 0.15) is 5.75 Å². The van der Waals surface area contributed by atoms with E-state index in [4.69, 9.17) is 4.74 Å². The first-order valence-electron chi connectivity index (χ1n) is 8.90. The van der Waals surface area contributed by atoms with Gasteiger partial charge < -0.3 is 20.1 Å². The molecule has 2 heterocycles. The smallest absolute Gasteiger partial charge is 0.302 e. The second kappa shape index (κ2) is 7.62. The molecular weight excluding hydrogens is 394 g/mol. The van der Waals surface area contributed by atoms with Crippen LogP contribution in [0.3, 0.4) is 0 Å². The second-order valence-electron chi connectivity index (χ2n) is 6.56. The monoisotopic (exact) mass is 409 g/mol. The number of aromatic hydroxyl groups is 1. The molecule has 1 aliphatic heterocycles. The molecule has 0 aliphatic carbocycles. The van der Waals surface area contributed by atoms with Crippen LogP contribution in [0.1, 0.15) is 12.0 Å². The Balaban J connectivity index is 1.45. The van der Waals surface area contributed by atoms with Crippen LogP contribution in [0.5, 0.6) is 11.6 Å². The molecule has 1 aromatic heterocycles. The van der Waals surface area contributed by atoms with Crippen molar-refractivity contribution in [2.45, 2.75) is 12.8 Å². The van der Waals surface area contributed by atoms with E-state index in [1.807, 2.05) is 0 Å².